The third-order valence-electron chi connectivity index (χ3n) is 10.6. The third kappa shape index (κ3) is 14.9. The van der Waals surface area contributed by atoms with Gasteiger partial charge in [-0.2, -0.15) is 15.2 Å². The molecule has 14 nitrogen and oxygen atoms in total. The number of ether oxygens (including phenoxy) is 5. The molecule has 4 heterocycles. The van der Waals surface area contributed by atoms with Crippen LogP contribution in [0.5, 0.6) is 11.8 Å². The summed E-state index contributed by atoms with van der Waals surface area (Å²) in [6, 6.07) is 17.8. The Hall–Kier alpha value is -4.24. The van der Waals surface area contributed by atoms with Gasteiger partial charge in [0.15, 0.2) is 0 Å². The van der Waals surface area contributed by atoms with Gasteiger partial charge in [0, 0.05) is 75.0 Å². The minimum atomic E-state index is -0.506. The number of nitriles is 1. The maximum absolute atomic E-state index is 12.5. The number of fused-ring (bicyclic) bond motifs is 2. The molecule has 2 fully saturated rings. The summed E-state index contributed by atoms with van der Waals surface area (Å²) >= 11 is 13.4. The molecule has 3 aliphatic heterocycles. The summed E-state index contributed by atoms with van der Waals surface area (Å²) < 4.78 is 29.3. The number of carbonyl (C=O) groups is 2. The van der Waals surface area contributed by atoms with Crippen LogP contribution in [0.3, 0.4) is 0 Å². The van der Waals surface area contributed by atoms with Gasteiger partial charge >= 0.3 is 12.1 Å². The predicted octanol–water partition coefficient (Wildman–Crippen LogP) is 9.36. The number of carbonyl (C=O) groups excluding carboxylic acids is 2. The van der Waals surface area contributed by atoms with Crippen LogP contribution in [0.2, 0.25) is 5.02 Å². The van der Waals surface area contributed by atoms with Crippen LogP contribution < -0.4 is 19.3 Å². The number of amides is 1. The lowest BCUT2D eigenvalue weighted by atomic mass is 10.0. The SMILES string of the molecule is CC#N.COc1nc2c(c(N3CCN(C(=O)OC(C)(C)C)CC3)n1)CCN(c1cccc3cccc(Cl)c13)C2.O=Cc1cc(Br)c(OCCOCCOCCCN2CCCC2)c(Br)c1. The molecular formula is C47H60Br2ClN7O7. The molecule has 0 atom stereocenters. The minimum Gasteiger partial charge on any atom is -0.489 e. The van der Waals surface area contributed by atoms with Crippen molar-refractivity contribution in [3.8, 4) is 17.8 Å². The summed E-state index contributed by atoms with van der Waals surface area (Å²) in [5.41, 5.74) is 3.29. The molecule has 0 N–H and O–H groups in total. The van der Waals surface area contributed by atoms with E-state index in [4.69, 9.17) is 50.5 Å². The second kappa shape index (κ2) is 25.5. The zero-order valence-corrected chi connectivity index (χ0v) is 41.5. The highest BCUT2D eigenvalue weighted by molar-refractivity contribution is 9.11. The van der Waals surface area contributed by atoms with E-state index < -0.39 is 5.60 Å². The number of nitrogens with zero attached hydrogens (tertiary/aromatic N) is 7. The monoisotopic (exact) mass is 1030 g/mol. The molecule has 1 amide bonds. The first kappa shape index (κ1) is 50.8. The highest BCUT2D eigenvalue weighted by Gasteiger charge is 2.31. The van der Waals surface area contributed by atoms with E-state index in [0.29, 0.717) is 76.5 Å². The maximum atomic E-state index is 12.5. The van der Waals surface area contributed by atoms with Crippen molar-refractivity contribution in [2.24, 2.45) is 0 Å². The van der Waals surface area contributed by atoms with Gasteiger partial charge in [-0.3, -0.25) is 4.79 Å². The molecule has 0 spiro atoms. The molecule has 0 radical (unpaired) electrons. The van der Waals surface area contributed by atoms with Gasteiger partial charge in [-0.05, 0) is 121 Å². The van der Waals surface area contributed by atoms with E-state index >= 15 is 0 Å². The second-order valence-corrected chi connectivity index (χ2v) is 18.4. The first-order chi connectivity index (χ1) is 30.8. The molecule has 7 rings (SSSR count). The molecule has 346 valence electrons. The van der Waals surface area contributed by atoms with Crippen molar-refractivity contribution >= 4 is 78.1 Å². The highest BCUT2D eigenvalue weighted by atomic mass is 79.9. The fourth-order valence-corrected chi connectivity index (χ4v) is 9.35. The van der Waals surface area contributed by atoms with Gasteiger partial charge in [-0.15, -0.1) is 0 Å². The van der Waals surface area contributed by atoms with Crippen LogP contribution in [0.1, 0.15) is 68.6 Å². The molecule has 1 aromatic heterocycles. The first-order valence-electron chi connectivity index (χ1n) is 21.7. The molecular weight excluding hydrogens is 970 g/mol. The Bertz CT molecular complexity index is 2160. The maximum Gasteiger partial charge on any atom is 0.410 e. The van der Waals surface area contributed by atoms with Crippen molar-refractivity contribution in [1.29, 1.82) is 5.26 Å². The van der Waals surface area contributed by atoms with Gasteiger partial charge in [0.2, 0.25) is 0 Å². The number of aromatic nitrogens is 2. The average molecular weight is 1030 g/mol. The molecule has 3 aliphatic rings. The van der Waals surface area contributed by atoms with Crippen LogP contribution in [0, 0.1) is 11.3 Å². The van der Waals surface area contributed by atoms with E-state index in [-0.39, 0.29) is 6.09 Å². The normalized spacial score (nSPS) is 15.0. The molecule has 0 unspecified atom stereocenters. The van der Waals surface area contributed by atoms with E-state index in [9.17, 15) is 9.59 Å². The van der Waals surface area contributed by atoms with E-state index in [1.807, 2.05) is 32.9 Å². The molecule has 3 aromatic carbocycles. The van der Waals surface area contributed by atoms with Crippen LogP contribution in [0.25, 0.3) is 10.8 Å². The summed E-state index contributed by atoms with van der Waals surface area (Å²) in [7, 11) is 1.59. The fourth-order valence-electron chi connectivity index (χ4n) is 7.62. The third-order valence-corrected chi connectivity index (χ3v) is 12.1. The number of hydrogen-bond donors (Lipinski definition) is 0. The number of likely N-dealkylation sites (tertiary alicyclic amines) is 1. The van der Waals surface area contributed by atoms with Gasteiger partial charge in [0.25, 0.3) is 0 Å². The van der Waals surface area contributed by atoms with Crippen LogP contribution >= 0.6 is 43.5 Å². The predicted molar refractivity (Wildman–Crippen MR) is 258 cm³/mol. The summed E-state index contributed by atoms with van der Waals surface area (Å²) in [5, 5.41) is 10.2. The molecule has 0 saturated carbocycles. The van der Waals surface area contributed by atoms with Crippen LogP contribution in [-0.4, -0.2) is 130 Å². The Morgan fingerprint density at radius 3 is 2.17 bits per heavy atom. The molecule has 0 aliphatic carbocycles. The van der Waals surface area contributed by atoms with E-state index in [2.05, 4.69) is 70.8 Å². The van der Waals surface area contributed by atoms with Crippen molar-refractivity contribution in [2.75, 3.05) is 102 Å². The van der Waals surface area contributed by atoms with Gasteiger partial charge in [-0.1, -0.05) is 35.9 Å². The smallest absolute Gasteiger partial charge is 0.410 e. The van der Waals surface area contributed by atoms with Crippen molar-refractivity contribution in [2.45, 2.75) is 65.5 Å². The molecule has 0 bridgehead atoms. The minimum absolute atomic E-state index is 0.270. The number of rotatable bonds is 15. The quantitative estimate of drug-likeness (QED) is 0.0825. The Morgan fingerprint density at radius 2 is 1.53 bits per heavy atom. The lowest BCUT2D eigenvalue weighted by Gasteiger charge is -2.38. The standard InChI is InChI=1S/C27H32ClN5O3.C18H25Br2NO4.C2H3N/c1-27(2,3)36-26(34)32-15-13-31(14-16-32)24-19-11-12-33(17-21(19)29-25(30-24)35-4)22-10-6-8-18-7-5-9-20(28)23(18)22;19-16-12-15(14-22)13-17(20)18(16)25-11-10-24-9-8-23-7-3-6-21-4-1-2-5-21;1-2-3/h5-10H,11-17H2,1-4H3;12-14H,1-11H2;1H3. The summed E-state index contributed by atoms with van der Waals surface area (Å²) in [6.07, 6.45) is 5.10. The van der Waals surface area contributed by atoms with Crippen molar-refractivity contribution in [3.63, 3.8) is 0 Å². The van der Waals surface area contributed by atoms with Crippen molar-refractivity contribution in [3.05, 3.63) is 79.3 Å². The Balaban J connectivity index is 0.000000241. The number of hydrogen-bond acceptors (Lipinski definition) is 13. The van der Waals surface area contributed by atoms with Crippen LogP contribution in [0.4, 0.5) is 16.3 Å². The van der Waals surface area contributed by atoms with E-state index in [1.165, 1.54) is 32.9 Å². The largest absolute Gasteiger partial charge is 0.489 e. The summed E-state index contributed by atoms with van der Waals surface area (Å²) in [5.74, 6) is 1.57. The number of halogens is 3. The summed E-state index contributed by atoms with van der Waals surface area (Å²) in [4.78, 5) is 41.6. The first-order valence-corrected chi connectivity index (χ1v) is 23.7. The summed E-state index contributed by atoms with van der Waals surface area (Å²) in [6.45, 7) is 17.6. The lowest BCUT2D eigenvalue weighted by Crippen LogP contribution is -2.50. The molecule has 17 heteroatoms. The van der Waals surface area contributed by atoms with Gasteiger partial charge in [-0.25, -0.2) is 4.79 Å². The average Bonchev–Trinajstić information content (AvgIpc) is 3.81. The second-order valence-electron chi connectivity index (χ2n) is 16.3. The zero-order chi connectivity index (χ0) is 46.1. The molecule has 4 aromatic rings. The van der Waals surface area contributed by atoms with Crippen molar-refractivity contribution < 1.29 is 33.3 Å². The number of piperazine rings is 1. The van der Waals surface area contributed by atoms with Crippen LogP contribution in [0.15, 0.2) is 57.5 Å². The topological polar surface area (TPSA) is 143 Å². The number of methoxy groups -OCH3 is 1. The Kier molecular flexibility index (Phi) is 20.2. The zero-order valence-electron chi connectivity index (χ0n) is 37.5. The van der Waals surface area contributed by atoms with Gasteiger partial charge in [0.1, 0.15) is 30.1 Å². The number of benzene rings is 3. The highest BCUT2D eigenvalue weighted by Crippen LogP contribution is 2.37. The Labute approximate surface area is 399 Å². The number of aldehydes is 1. The van der Waals surface area contributed by atoms with Crippen LogP contribution in [-0.2, 0) is 27.2 Å². The molecule has 2 saturated heterocycles. The van der Waals surface area contributed by atoms with E-state index in [1.54, 1.807) is 30.2 Å². The van der Waals surface area contributed by atoms with Gasteiger partial charge in [0.05, 0.1) is 59.2 Å². The van der Waals surface area contributed by atoms with E-state index in [0.717, 1.165) is 86.3 Å². The van der Waals surface area contributed by atoms with Gasteiger partial charge < -0.3 is 43.3 Å². The lowest BCUT2D eigenvalue weighted by molar-refractivity contribution is 0.0240. The van der Waals surface area contributed by atoms with Crippen molar-refractivity contribution in [1.82, 2.24) is 19.8 Å². The fraction of sp³-hybridized carbons (Fsp3) is 0.511. The Morgan fingerprint density at radius 1 is 0.891 bits per heavy atom. The number of anilines is 2. The molecule has 64 heavy (non-hydrogen) atoms.